The minimum absolute atomic E-state index is 0.260. The monoisotopic (exact) mass is 427 g/mol. The number of hydrogen-bond acceptors (Lipinski definition) is 5. The van der Waals surface area contributed by atoms with E-state index in [1.165, 1.54) is 0 Å². The Hall–Kier alpha value is -3.64. The molecule has 3 aromatic rings. The Morgan fingerprint density at radius 3 is 2.72 bits per heavy atom. The summed E-state index contributed by atoms with van der Waals surface area (Å²) in [6.45, 7) is 1.71. The lowest BCUT2D eigenvalue weighted by Crippen LogP contribution is -2.34. The average Bonchev–Trinajstić information content (AvgIpc) is 3.23. The smallest absolute Gasteiger partial charge is 0.167 e. The number of pyridine rings is 1. The number of fused-ring (bicyclic) bond motifs is 4. The zero-order valence-corrected chi connectivity index (χ0v) is 17.4. The van der Waals surface area contributed by atoms with Gasteiger partial charge in [0.25, 0.3) is 0 Å². The minimum atomic E-state index is -0.631. The Morgan fingerprint density at radius 2 is 1.97 bits per heavy atom. The van der Waals surface area contributed by atoms with Crippen LogP contribution in [0, 0.1) is 5.82 Å². The van der Waals surface area contributed by atoms with Gasteiger partial charge in [-0.05, 0) is 59.5 Å². The Labute approximate surface area is 185 Å². The minimum Gasteiger partial charge on any atom is -0.454 e. The lowest BCUT2D eigenvalue weighted by atomic mass is 9.72. The molecule has 6 rings (SSSR count). The number of rotatable bonds is 2. The van der Waals surface area contributed by atoms with Crippen LogP contribution in [0.5, 0.6) is 11.5 Å². The Kier molecular flexibility index (Phi) is 4.30. The molecule has 0 fully saturated rings. The lowest BCUT2D eigenvalue weighted by Gasteiger charge is -2.36. The van der Waals surface area contributed by atoms with Crippen LogP contribution in [0.25, 0.3) is 16.7 Å². The zero-order valence-electron chi connectivity index (χ0n) is 17.4. The first-order valence-corrected chi connectivity index (χ1v) is 10.7. The van der Waals surface area contributed by atoms with E-state index in [1.54, 1.807) is 12.3 Å². The lowest BCUT2D eigenvalue weighted by molar-refractivity contribution is 0.161. The summed E-state index contributed by atoms with van der Waals surface area (Å²) >= 11 is 0. The van der Waals surface area contributed by atoms with E-state index in [9.17, 15) is 0 Å². The molecule has 0 unspecified atom stereocenters. The highest BCUT2D eigenvalue weighted by molar-refractivity contribution is 5.74. The maximum absolute atomic E-state index is 15.4. The fraction of sp³-hybridized carbons (Fsp3) is 0.192. The van der Waals surface area contributed by atoms with E-state index in [2.05, 4.69) is 16.4 Å². The van der Waals surface area contributed by atoms with Gasteiger partial charge in [-0.25, -0.2) is 4.39 Å². The van der Waals surface area contributed by atoms with Crippen LogP contribution in [0.3, 0.4) is 0 Å². The van der Waals surface area contributed by atoms with Gasteiger partial charge in [-0.2, -0.15) is 0 Å². The van der Waals surface area contributed by atoms with Gasteiger partial charge < -0.3 is 20.5 Å². The molecule has 5 nitrogen and oxygen atoms in total. The number of aromatic nitrogens is 1. The van der Waals surface area contributed by atoms with Crippen molar-refractivity contribution in [3.05, 3.63) is 95.3 Å². The Bertz CT molecular complexity index is 1290. The summed E-state index contributed by atoms with van der Waals surface area (Å²) in [4.78, 5) is 4.24. The van der Waals surface area contributed by atoms with E-state index in [4.69, 9.17) is 15.2 Å². The molecule has 32 heavy (non-hydrogen) atoms. The van der Waals surface area contributed by atoms with E-state index in [0.717, 1.165) is 39.8 Å². The van der Waals surface area contributed by atoms with E-state index >= 15 is 4.39 Å². The molecule has 3 N–H and O–H groups in total. The summed E-state index contributed by atoms with van der Waals surface area (Å²) in [5.41, 5.74) is 11.3. The molecule has 160 valence electrons. The Morgan fingerprint density at radius 1 is 1.06 bits per heavy atom. The number of nitrogens with two attached hydrogens (primary N) is 1. The van der Waals surface area contributed by atoms with Crippen molar-refractivity contribution in [1.82, 2.24) is 10.3 Å². The number of ether oxygens (including phenoxy) is 2. The highest BCUT2D eigenvalue weighted by Gasteiger charge is 2.45. The van der Waals surface area contributed by atoms with Crippen molar-refractivity contribution in [2.45, 2.75) is 11.8 Å². The highest BCUT2D eigenvalue weighted by atomic mass is 19.1. The van der Waals surface area contributed by atoms with Crippen molar-refractivity contribution in [3.8, 4) is 22.6 Å². The van der Waals surface area contributed by atoms with Crippen molar-refractivity contribution in [3.63, 3.8) is 0 Å². The fourth-order valence-electron chi connectivity index (χ4n) is 4.89. The van der Waals surface area contributed by atoms with E-state index in [0.29, 0.717) is 31.3 Å². The summed E-state index contributed by atoms with van der Waals surface area (Å²) < 4.78 is 27.0. The normalized spacial score (nSPS) is 21.2. The summed E-state index contributed by atoms with van der Waals surface area (Å²) in [5.74, 6) is 1.10. The molecule has 0 bridgehead atoms. The van der Waals surface area contributed by atoms with E-state index in [-0.39, 0.29) is 11.6 Å². The number of halogens is 1. The van der Waals surface area contributed by atoms with Crippen molar-refractivity contribution < 1.29 is 13.9 Å². The molecule has 1 atom stereocenters. The fourth-order valence-corrected chi connectivity index (χ4v) is 4.89. The van der Waals surface area contributed by atoms with E-state index < -0.39 is 5.41 Å². The quantitative estimate of drug-likeness (QED) is 0.631. The second-order valence-corrected chi connectivity index (χ2v) is 8.37. The summed E-state index contributed by atoms with van der Waals surface area (Å²) in [6, 6.07) is 13.5. The van der Waals surface area contributed by atoms with Crippen molar-refractivity contribution in [2.75, 3.05) is 19.8 Å². The SMILES string of the molecule is NC1=C[C@@]2(CN1)c1cc(-c3cccnc3)ccc1Oc1c(F)cc(C3=CCOCC3)cc12. The predicted molar refractivity (Wildman–Crippen MR) is 121 cm³/mol. The van der Waals surface area contributed by atoms with E-state index in [1.807, 2.05) is 48.7 Å². The molecule has 0 saturated carbocycles. The first kappa shape index (κ1) is 19.1. The van der Waals surface area contributed by atoms with Crippen molar-refractivity contribution in [2.24, 2.45) is 5.73 Å². The Balaban J connectivity index is 1.56. The number of benzene rings is 2. The molecule has 0 amide bonds. The van der Waals surface area contributed by atoms with Gasteiger partial charge in [0.15, 0.2) is 11.6 Å². The van der Waals surface area contributed by atoms with Gasteiger partial charge in [0.05, 0.1) is 24.4 Å². The molecule has 0 saturated heterocycles. The molecular weight excluding hydrogens is 405 g/mol. The van der Waals surface area contributed by atoms with Gasteiger partial charge in [0, 0.05) is 35.6 Å². The first-order valence-electron chi connectivity index (χ1n) is 10.7. The molecule has 1 spiro atoms. The molecule has 2 aromatic carbocycles. The second kappa shape index (κ2) is 7.21. The van der Waals surface area contributed by atoms with Gasteiger partial charge in [0.2, 0.25) is 0 Å². The third-order valence-electron chi connectivity index (χ3n) is 6.50. The van der Waals surface area contributed by atoms with Gasteiger partial charge >= 0.3 is 0 Å². The number of nitrogens with one attached hydrogen (secondary N) is 1. The van der Waals surface area contributed by atoms with Gasteiger partial charge in [-0.1, -0.05) is 18.2 Å². The predicted octanol–water partition coefficient (Wildman–Crippen LogP) is 4.49. The van der Waals surface area contributed by atoms with Crippen LogP contribution in [0.4, 0.5) is 4.39 Å². The molecule has 3 aliphatic rings. The van der Waals surface area contributed by atoms with Crippen LogP contribution in [0.2, 0.25) is 0 Å². The van der Waals surface area contributed by atoms with Crippen LogP contribution in [-0.2, 0) is 10.2 Å². The number of nitrogens with zero attached hydrogens (tertiary/aromatic N) is 1. The summed E-state index contributed by atoms with van der Waals surface area (Å²) in [7, 11) is 0. The summed E-state index contributed by atoms with van der Waals surface area (Å²) in [6.07, 6.45) is 8.35. The van der Waals surface area contributed by atoms with Crippen LogP contribution in [-0.4, -0.2) is 24.7 Å². The first-order chi connectivity index (χ1) is 15.6. The van der Waals surface area contributed by atoms with Gasteiger partial charge in [0.1, 0.15) is 5.75 Å². The molecule has 4 heterocycles. The molecule has 0 radical (unpaired) electrons. The molecule has 1 aromatic heterocycles. The van der Waals surface area contributed by atoms with Crippen molar-refractivity contribution >= 4 is 5.57 Å². The topological polar surface area (TPSA) is 69.4 Å². The summed E-state index contributed by atoms with van der Waals surface area (Å²) in [5, 5.41) is 3.25. The van der Waals surface area contributed by atoms with Crippen LogP contribution >= 0.6 is 0 Å². The standard InChI is InChI=1S/C26H22FN3O2/c27-22-12-19(16-5-8-31-9-6-16)11-21-25(22)32-23-4-3-17(18-2-1-7-29-14-18)10-20(23)26(21)13-24(28)30-15-26/h1-5,7,10-14,30H,6,8-9,15,28H2/t26-/m1/s1. The zero-order chi connectivity index (χ0) is 21.7. The average molecular weight is 427 g/mol. The molecule has 3 aliphatic heterocycles. The third-order valence-corrected chi connectivity index (χ3v) is 6.50. The van der Waals surface area contributed by atoms with Crippen LogP contribution in [0.1, 0.15) is 23.1 Å². The van der Waals surface area contributed by atoms with Crippen LogP contribution < -0.4 is 15.8 Å². The number of hydrogen-bond donors (Lipinski definition) is 2. The van der Waals surface area contributed by atoms with Crippen molar-refractivity contribution in [1.29, 1.82) is 0 Å². The molecular formula is C26H22FN3O2. The van der Waals surface area contributed by atoms with Gasteiger partial charge in [-0.15, -0.1) is 0 Å². The maximum Gasteiger partial charge on any atom is 0.167 e. The molecule has 6 heteroatoms. The van der Waals surface area contributed by atoms with Gasteiger partial charge in [-0.3, -0.25) is 4.98 Å². The second-order valence-electron chi connectivity index (χ2n) is 8.37. The highest BCUT2D eigenvalue weighted by Crippen LogP contribution is 2.52. The largest absolute Gasteiger partial charge is 0.454 e. The van der Waals surface area contributed by atoms with Crippen LogP contribution in [0.15, 0.2) is 72.8 Å². The maximum atomic E-state index is 15.4. The third kappa shape index (κ3) is 2.91. The molecule has 0 aliphatic carbocycles.